The van der Waals surface area contributed by atoms with E-state index in [9.17, 15) is 9.59 Å². The van der Waals surface area contributed by atoms with Gasteiger partial charge in [-0.2, -0.15) is 0 Å². The summed E-state index contributed by atoms with van der Waals surface area (Å²) in [4.78, 5) is 25.5. The van der Waals surface area contributed by atoms with E-state index in [-0.39, 0.29) is 11.8 Å². The molecule has 0 aromatic carbocycles. The van der Waals surface area contributed by atoms with E-state index in [0.29, 0.717) is 18.4 Å². The molecule has 0 aromatic heterocycles. The summed E-state index contributed by atoms with van der Waals surface area (Å²) in [5, 5.41) is 9.06. The second-order valence-corrected chi connectivity index (χ2v) is 6.06. The lowest BCUT2D eigenvalue weighted by molar-refractivity contribution is -0.157. The Morgan fingerprint density at radius 2 is 1.67 bits per heavy atom. The van der Waals surface area contributed by atoms with Gasteiger partial charge in [-0.05, 0) is 44.4 Å². The summed E-state index contributed by atoms with van der Waals surface area (Å²) in [5.74, 6) is -0.620. The fourth-order valence-corrected chi connectivity index (χ4v) is 3.68. The van der Waals surface area contributed by atoms with E-state index >= 15 is 0 Å². The maximum absolute atomic E-state index is 12.5. The lowest BCUT2D eigenvalue weighted by Crippen LogP contribution is -2.50. The summed E-state index contributed by atoms with van der Waals surface area (Å²) in [6.45, 7) is 0.850. The molecule has 3 rings (SSSR count). The van der Waals surface area contributed by atoms with Crippen molar-refractivity contribution < 1.29 is 14.7 Å². The molecule has 1 aliphatic heterocycles. The average molecular weight is 251 g/mol. The first-order valence-corrected chi connectivity index (χ1v) is 7.22. The smallest absolute Gasteiger partial charge is 0.307 e. The van der Waals surface area contributed by atoms with Gasteiger partial charge in [0.25, 0.3) is 0 Å². The Kier molecular flexibility index (Phi) is 3.04. The van der Waals surface area contributed by atoms with E-state index in [1.54, 1.807) is 0 Å². The number of nitrogens with zero attached hydrogens (tertiary/aromatic N) is 1. The molecule has 1 heterocycles. The zero-order chi connectivity index (χ0) is 12.7. The Hall–Kier alpha value is -1.06. The maximum Gasteiger partial charge on any atom is 0.307 e. The van der Waals surface area contributed by atoms with E-state index in [4.69, 9.17) is 5.11 Å². The van der Waals surface area contributed by atoms with Crippen LogP contribution in [0.2, 0.25) is 0 Å². The van der Waals surface area contributed by atoms with Crippen LogP contribution in [0.1, 0.15) is 44.9 Å². The Morgan fingerprint density at radius 1 is 0.944 bits per heavy atom. The summed E-state index contributed by atoms with van der Waals surface area (Å²) in [5.41, 5.74) is 0. The lowest BCUT2D eigenvalue weighted by atomic mass is 9.72. The van der Waals surface area contributed by atoms with Crippen molar-refractivity contribution in [3.63, 3.8) is 0 Å². The molecule has 3 aliphatic rings. The number of carboxylic acids is 1. The van der Waals surface area contributed by atoms with E-state index in [1.807, 2.05) is 4.90 Å². The van der Waals surface area contributed by atoms with Gasteiger partial charge in [-0.3, -0.25) is 9.59 Å². The van der Waals surface area contributed by atoms with Crippen LogP contribution in [0.15, 0.2) is 0 Å². The topological polar surface area (TPSA) is 57.6 Å². The Bertz CT molecular complexity index is 364. The monoisotopic (exact) mass is 251 g/mol. The number of amides is 1. The van der Waals surface area contributed by atoms with Gasteiger partial charge in [-0.25, -0.2) is 0 Å². The molecule has 2 aliphatic carbocycles. The van der Waals surface area contributed by atoms with Gasteiger partial charge in [0.05, 0.1) is 11.8 Å². The first-order valence-electron chi connectivity index (χ1n) is 7.22. The molecule has 1 N–H and O–H groups in total. The number of carbonyl (C=O) groups is 2. The first kappa shape index (κ1) is 12.0. The molecule has 0 radical (unpaired) electrons. The van der Waals surface area contributed by atoms with Crippen molar-refractivity contribution in [3.8, 4) is 0 Å². The van der Waals surface area contributed by atoms with Gasteiger partial charge in [-0.15, -0.1) is 0 Å². The minimum absolute atomic E-state index is 0.128. The minimum atomic E-state index is -0.793. The number of hydrogen-bond acceptors (Lipinski definition) is 2. The second-order valence-electron chi connectivity index (χ2n) is 6.06. The summed E-state index contributed by atoms with van der Waals surface area (Å²) in [7, 11) is 0. The minimum Gasteiger partial charge on any atom is -0.481 e. The SMILES string of the molecule is O=C(O)C1CCC1C(=O)N1CCCC1C1CCC1. The number of rotatable bonds is 3. The van der Waals surface area contributed by atoms with Gasteiger partial charge in [0.1, 0.15) is 0 Å². The van der Waals surface area contributed by atoms with E-state index < -0.39 is 11.9 Å². The van der Waals surface area contributed by atoms with Crippen molar-refractivity contribution in [2.24, 2.45) is 17.8 Å². The van der Waals surface area contributed by atoms with Crippen LogP contribution in [0.5, 0.6) is 0 Å². The van der Waals surface area contributed by atoms with Crippen LogP contribution in [0, 0.1) is 17.8 Å². The van der Waals surface area contributed by atoms with E-state index in [2.05, 4.69) is 0 Å². The van der Waals surface area contributed by atoms with Crippen LogP contribution in [-0.2, 0) is 9.59 Å². The molecule has 1 amide bonds. The molecule has 0 bridgehead atoms. The third kappa shape index (κ3) is 1.82. The molecule has 3 unspecified atom stereocenters. The molecule has 0 spiro atoms. The number of aliphatic carboxylic acids is 1. The molecule has 1 saturated heterocycles. The van der Waals surface area contributed by atoms with E-state index in [1.165, 1.54) is 19.3 Å². The summed E-state index contributed by atoms with van der Waals surface area (Å²) in [6, 6.07) is 0.418. The number of hydrogen-bond donors (Lipinski definition) is 1. The number of likely N-dealkylation sites (tertiary alicyclic amines) is 1. The van der Waals surface area contributed by atoms with Crippen LogP contribution in [-0.4, -0.2) is 34.5 Å². The van der Waals surface area contributed by atoms with Gasteiger partial charge in [0.15, 0.2) is 0 Å². The fourth-order valence-electron chi connectivity index (χ4n) is 3.68. The highest BCUT2D eigenvalue weighted by molar-refractivity contribution is 5.86. The van der Waals surface area contributed by atoms with E-state index in [0.717, 1.165) is 25.8 Å². The van der Waals surface area contributed by atoms with Crippen LogP contribution < -0.4 is 0 Å². The normalized spacial score (nSPS) is 36.0. The molecule has 3 fully saturated rings. The van der Waals surface area contributed by atoms with Crippen molar-refractivity contribution in [1.82, 2.24) is 4.90 Å². The summed E-state index contributed by atoms with van der Waals surface area (Å²) >= 11 is 0. The number of carboxylic acid groups (broad SMARTS) is 1. The molecule has 2 saturated carbocycles. The van der Waals surface area contributed by atoms with Crippen LogP contribution >= 0.6 is 0 Å². The van der Waals surface area contributed by atoms with Crippen molar-refractivity contribution in [1.29, 1.82) is 0 Å². The fraction of sp³-hybridized carbons (Fsp3) is 0.857. The highest BCUT2D eigenvalue weighted by Gasteiger charge is 2.46. The number of carbonyl (C=O) groups excluding carboxylic acids is 1. The zero-order valence-corrected chi connectivity index (χ0v) is 10.7. The zero-order valence-electron chi connectivity index (χ0n) is 10.7. The predicted octanol–water partition coefficient (Wildman–Crippen LogP) is 1.89. The van der Waals surface area contributed by atoms with Crippen molar-refractivity contribution in [2.45, 2.75) is 51.0 Å². The molecule has 4 nitrogen and oxygen atoms in total. The summed E-state index contributed by atoms with van der Waals surface area (Å²) in [6.07, 6.45) is 7.46. The van der Waals surface area contributed by atoms with Gasteiger partial charge in [0, 0.05) is 12.6 Å². The Morgan fingerprint density at radius 3 is 2.17 bits per heavy atom. The van der Waals surface area contributed by atoms with Crippen LogP contribution in [0.25, 0.3) is 0 Å². The third-order valence-corrected chi connectivity index (χ3v) is 5.19. The maximum atomic E-state index is 12.5. The average Bonchev–Trinajstić information content (AvgIpc) is 2.60. The molecule has 4 heteroatoms. The quantitative estimate of drug-likeness (QED) is 0.833. The second kappa shape index (κ2) is 4.56. The molecule has 18 heavy (non-hydrogen) atoms. The van der Waals surface area contributed by atoms with Gasteiger partial charge in [-0.1, -0.05) is 6.42 Å². The summed E-state index contributed by atoms with van der Waals surface area (Å²) < 4.78 is 0. The predicted molar refractivity (Wildman–Crippen MR) is 65.9 cm³/mol. The molecule has 0 aromatic rings. The van der Waals surface area contributed by atoms with Gasteiger partial charge >= 0.3 is 5.97 Å². The third-order valence-electron chi connectivity index (χ3n) is 5.19. The standard InChI is InChI=1S/C14H21NO3/c16-13(10-6-7-11(10)14(17)18)15-8-2-5-12(15)9-3-1-4-9/h9-12H,1-8H2,(H,17,18). The molecular formula is C14H21NO3. The van der Waals surface area contributed by atoms with Crippen LogP contribution in [0.3, 0.4) is 0 Å². The highest BCUT2D eigenvalue weighted by atomic mass is 16.4. The van der Waals surface area contributed by atoms with Crippen LogP contribution in [0.4, 0.5) is 0 Å². The molecular weight excluding hydrogens is 230 g/mol. The van der Waals surface area contributed by atoms with Crippen molar-refractivity contribution >= 4 is 11.9 Å². The van der Waals surface area contributed by atoms with Crippen molar-refractivity contribution in [2.75, 3.05) is 6.54 Å². The molecule has 100 valence electrons. The first-order chi connectivity index (χ1) is 8.68. The highest BCUT2D eigenvalue weighted by Crippen LogP contribution is 2.41. The molecule has 3 atom stereocenters. The van der Waals surface area contributed by atoms with Gasteiger partial charge in [0.2, 0.25) is 5.91 Å². The van der Waals surface area contributed by atoms with Gasteiger partial charge < -0.3 is 10.0 Å². The Labute approximate surface area is 107 Å². The van der Waals surface area contributed by atoms with Crippen molar-refractivity contribution in [3.05, 3.63) is 0 Å². The lowest BCUT2D eigenvalue weighted by Gasteiger charge is -2.41. The Balaban J connectivity index is 1.66. The largest absolute Gasteiger partial charge is 0.481 e.